The Bertz CT molecular complexity index is 543. The average Bonchev–Trinajstić information content (AvgIpc) is 2.69. The minimum absolute atomic E-state index is 0.781. The summed E-state index contributed by atoms with van der Waals surface area (Å²) in [4.78, 5) is 6.80. The van der Waals surface area contributed by atoms with Gasteiger partial charge in [0.2, 0.25) is 0 Å². The van der Waals surface area contributed by atoms with Crippen molar-refractivity contribution in [1.82, 2.24) is 14.6 Å². The zero-order valence-corrected chi connectivity index (χ0v) is 10.2. The Morgan fingerprint density at radius 2 is 1.88 bits per heavy atom. The van der Waals surface area contributed by atoms with Crippen molar-refractivity contribution in [2.75, 3.05) is 31.2 Å². The first kappa shape index (κ1) is 10.5. The monoisotopic (exact) mass is 232 g/mol. The van der Waals surface area contributed by atoms with E-state index in [4.69, 9.17) is 4.74 Å². The van der Waals surface area contributed by atoms with Crippen molar-refractivity contribution in [1.29, 1.82) is 0 Å². The SMILES string of the molecule is Cc1cc(N2CCOCC2)n2nc(C)cc2n1. The number of rotatable bonds is 1. The minimum Gasteiger partial charge on any atom is -0.378 e. The van der Waals surface area contributed by atoms with Crippen LogP contribution < -0.4 is 4.90 Å². The molecule has 0 saturated carbocycles. The Morgan fingerprint density at radius 1 is 1.12 bits per heavy atom. The van der Waals surface area contributed by atoms with Crippen molar-refractivity contribution < 1.29 is 4.74 Å². The summed E-state index contributed by atoms with van der Waals surface area (Å²) >= 11 is 0. The van der Waals surface area contributed by atoms with E-state index in [-0.39, 0.29) is 0 Å². The van der Waals surface area contributed by atoms with Crippen molar-refractivity contribution >= 4 is 11.5 Å². The molecule has 2 aromatic rings. The van der Waals surface area contributed by atoms with Crippen LogP contribution in [0.15, 0.2) is 12.1 Å². The van der Waals surface area contributed by atoms with Gasteiger partial charge in [-0.1, -0.05) is 0 Å². The third kappa shape index (κ3) is 1.86. The van der Waals surface area contributed by atoms with E-state index in [1.54, 1.807) is 0 Å². The minimum atomic E-state index is 0.781. The second-order valence-electron chi connectivity index (χ2n) is 4.41. The molecule has 1 aliphatic rings. The standard InChI is InChI=1S/C12H16N4O/c1-9-8-12(15-3-5-17-6-4-15)16-11(13-9)7-10(2)14-16/h7-8H,3-6H2,1-2H3. The molecule has 0 radical (unpaired) electrons. The summed E-state index contributed by atoms with van der Waals surface area (Å²) in [7, 11) is 0. The highest BCUT2D eigenvalue weighted by molar-refractivity contribution is 5.52. The molecule has 0 atom stereocenters. The van der Waals surface area contributed by atoms with Gasteiger partial charge in [-0.05, 0) is 13.8 Å². The summed E-state index contributed by atoms with van der Waals surface area (Å²) < 4.78 is 7.31. The summed E-state index contributed by atoms with van der Waals surface area (Å²) in [5.41, 5.74) is 2.94. The predicted octanol–water partition coefficient (Wildman–Crippen LogP) is 1.18. The van der Waals surface area contributed by atoms with Gasteiger partial charge in [-0.2, -0.15) is 9.61 Å². The number of fused-ring (bicyclic) bond motifs is 1. The number of aromatic nitrogens is 3. The van der Waals surface area contributed by atoms with E-state index < -0.39 is 0 Å². The van der Waals surface area contributed by atoms with Gasteiger partial charge in [0.25, 0.3) is 0 Å². The quantitative estimate of drug-likeness (QED) is 0.740. The normalized spacial score (nSPS) is 16.7. The van der Waals surface area contributed by atoms with E-state index >= 15 is 0 Å². The number of morpholine rings is 1. The molecule has 0 aromatic carbocycles. The Kier molecular flexibility index (Phi) is 2.48. The van der Waals surface area contributed by atoms with E-state index in [0.717, 1.165) is 49.2 Å². The van der Waals surface area contributed by atoms with Gasteiger partial charge in [-0.15, -0.1) is 0 Å². The van der Waals surface area contributed by atoms with Crippen LogP contribution in [0.3, 0.4) is 0 Å². The number of hydrogen-bond acceptors (Lipinski definition) is 4. The molecule has 0 aliphatic carbocycles. The van der Waals surface area contributed by atoms with Crippen molar-refractivity contribution in [2.24, 2.45) is 0 Å². The first-order chi connectivity index (χ1) is 8.24. The van der Waals surface area contributed by atoms with Crippen molar-refractivity contribution in [3.05, 3.63) is 23.5 Å². The van der Waals surface area contributed by atoms with Crippen LogP contribution in [0.1, 0.15) is 11.4 Å². The lowest BCUT2D eigenvalue weighted by molar-refractivity contribution is 0.122. The van der Waals surface area contributed by atoms with Crippen LogP contribution in [0, 0.1) is 13.8 Å². The van der Waals surface area contributed by atoms with Crippen LogP contribution in [0.5, 0.6) is 0 Å². The fourth-order valence-corrected chi connectivity index (χ4v) is 2.21. The summed E-state index contributed by atoms with van der Waals surface area (Å²) in [5, 5.41) is 4.50. The molecule has 17 heavy (non-hydrogen) atoms. The fourth-order valence-electron chi connectivity index (χ4n) is 2.21. The van der Waals surface area contributed by atoms with Crippen LogP contribution in [-0.2, 0) is 4.74 Å². The summed E-state index contributed by atoms with van der Waals surface area (Å²) in [6.45, 7) is 7.40. The lowest BCUT2D eigenvalue weighted by Crippen LogP contribution is -2.37. The van der Waals surface area contributed by atoms with Gasteiger partial charge >= 0.3 is 0 Å². The summed E-state index contributed by atoms with van der Waals surface area (Å²) in [6, 6.07) is 4.10. The second kappa shape index (κ2) is 4.00. The lowest BCUT2D eigenvalue weighted by Gasteiger charge is -2.29. The first-order valence-electron chi connectivity index (χ1n) is 5.91. The third-order valence-electron chi connectivity index (χ3n) is 2.99. The molecule has 0 amide bonds. The zero-order chi connectivity index (χ0) is 11.8. The Hall–Kier alpha value is -1.62. The number of ether oxygens (including phenoxy) is 1. The molecule has 5 nitrogen and oxygen atoms in total. The van der Waals surface area contributed by atoms with E-state index in [2.05, 4.69) is 21.0 Å². The summed E-state index contributed by atoms with van der Waals surface area (Å²) in [6.07, 6.45) is 0. The Labute approximate surface area is 100 Å². The van der Waals surface area contributed by atoms with Gasteiger partial charge in [0, 0.05) is 30.9 Å². The number of hydrogen-bond donors (Lipinski definition) is 0. The van der Waals surface area contributed by atoms with Crippen LogP contribution >= 0.6 is 0 Å². The van der Waals surface area contributed by atoms with Crippen LogP contribution in [0.4, 0.5) is 5.82 Å². The van der Waals surface area contributed by atoms with Crippen molar-refractivity contribution in [3.63, 3.8) is 0 Å². The average molecular weight is 232 g/mol. The maximum atomic E-state index is 5.38. The molecule has 0 bridgehead atoms. The fraction of sp³-hybridized carbons (Fsp3) is 0.500. The van der Waals surface area contributed by atoms with E-state index in [1.807, 2.05) is 24.4 Å². The smallest absolute Gasteiger partial charge is 0.157 e. The topological polar surface area (TPSA) is 42.7 Å². The van der Waals surface area contributed by atoms with E-state index in [1.165, 1.54) is 0 Å². The number of aryl methyl sites for hydroxylation is 2. The van der Waals surface area contributed by atoms with E-state index in [0.29, 0.717) is 0 Å². The van der Waals surface area contributed by atoms with Gasteiger partial charge in [-0.3, -0.25) is 0 Å². The van der Waals surface area contributed by atoms with Gasteiger partial charge in [-0.25, -0.2) is 4.98 Å². The van der Waals surface area contributed by atoms with Gasteiger partial charge < -0.3 is 9.64 Å². The second-order valence-corrected chi connectivity index (χ2v) is 4.41. The maximum absolute atomic E-state index is 5.38. The highest BCUT2D eigenvalue weighted by Gasteiger charge is 2.16. The molecule has 3 heterocycles. The third-order valence-corrected chi connectivity index (χ3v) is 2.99. The van der Waals surface area contributed by atoms with Crippen molar-refractivity contribution in [2.45, 2.75) is 13.8 Å². The first-order valence-corrected chi connectivity index (χ1v) is 5.91. The Morgan fingerprint density at radius 3 is 2.65 bits per heavy atom. The maximum Gasteiger partial charge on any atom is 0.157 e. The predicted molar refractivity (Wildman–Crippen MR) is 65.5 cm³/mol. The molecule has 90 valence electrons. The molecule has 1 fully saturated rings. The molecule has 1 saturated heterocycles. The highest BCUT2D eigenvalue weighted by Crippen LogP contribution is 2.18. The molecule has 2 aromatic heterocycles. The lowest BCUT2D eigenvalue weighted by atomic mass is 10.3. The largest absolute Gasteiger partial charge is 0.378 e. The van der Waals surface area contributed by atoms with Gasteiger partial charge in [0.1, 0.15) is 5.82 Å². The molecule has 0 spiro atoms. The summed E-state index contributed by atoms with van der Waals surface area (Å²) in [5.74, 6) is 1.11. The number of nitrogens with zero attached hydrogens (tertiary/aromatic N) is 4. The molecule has 0 N–H and O–H groups in total. The van der Waals surface area contributed by atoms with Crippen LogP contribution in [0.2, 0.25) is 0 Å². The van der Waals surface area contributed by atoms with Crippen molar-refractivity contribution in [3.8, 4) is 0 Å². The molecular weight excluding hydrogens is 216 g/mol. The highest BCUT2D eigenvalue weighted by atomic mass is 16.5. The van der Waals surface area contributed by atoms with Crippen LogP contribution in [0.25, 0.3) is 5.65 Å². The molecule has 3 rings (SSSR count). The molecule has 5 heteroatoms. The van der Waals surface area contributed by atoms with E-state index in [9.17, 15) is 0 Å². The Balaban J connectivity index is 2.12. The molecule has 1 aliphatic heterocycles. The van der Waals surface area contributed by atoms with Crippen LogP contribution in [-0.4, -0.2) is 40.9 Å². The zero-order valence-electron chi connectivity index (χ0n) is 10.2. The number of anilines is 1. The molecular formula is C12H16N4O. The molecule has 0 unspecified atom stereocenters. The van der Waals surface area contributed by atoms with Gasteiger partial charge in [0.15, 0.2) is 5.65 Å². The van der Waals surface area contributed by atoms with Gasteiger partial charge in [0.05, 0.1) is 18.9 Å².